The lowest BCUT2D eigenvalue weighted by molar-refractivity contribution is -0.162. The summed E-state index contributed by atoms with van der Waals surface area (Å²) in [5.74, 6) is -0.513. The molecule has 0 radical (unpaired) electrons. The Bertz CT molecular complexity index is 1200. The van der Waals surface area contributed by atoms with Crippen LogP contribution in [0.25, 0.3) is 0 Å². The molecule has 0 aromatic rings. The van der Waals surface area contributed by atoms with Gasteiger partial charge in [0.1, 0.15) is 6.61 Å². The summed E-state index contributed by atoms with van der Waals surface area (Å²) in [6.07, 6.45) is 70.0. The molecule has 0 aromatic carbocycles. The number of carbonyl (C=O) groups is 2. The second-order valence-electron chi connectivity index (χ2n) is 16.7. The van der Waals surface area contributed by atoms with Crippen LogP contribution in [-0.2, 0) is 23.8 Å². The van der Waals surface area contributed by atoms with Gasteiger partial charge in [-0.2, -0.15) is 0 Å². The standard InChI is InChI=1S/C57H96O5/c1-4-7-10-13-16-19-22-25-27-28-29-31-34-37-40-43-46-49-52-60-53-55(62-57(59)51-48-45-42-39-36-32-24-21-18-15-12-9-6-3)54-61-56(58)50-47-44-41-38-35-33-30-26-23-20-17-14-11-8-5-2/h9,12,16-21,25-27,30,32,36,42,45,55H,4-8,10-11,13-15,22-24,28-29,31,33-35,37-41,43-44,46-54H2,1-3H3/b12-9-,19-16-,20-17-,21-18-,27-25-,30-26-,36-32-,45-42-. The number of ether oxygens (including phenoxy) is 3. The van der Waals surface area contributed by atoms with Crippen molar-refractivity contribution in [3.63, 3.8) is 0 Å². The molecule has 0 fully saturated rings. The van der Waals surface area contributed by atoms with Crippen LogP contribution >= 0.6 is 0 Å². The number of unbranched alkanes of at least 4 members (excludes halogenated alkanes) is 19. The number of hydrogen-bond acceptors (Lipinski definition) is 5. The minimum absolute atomic E-state index is 0.0424. The van der Waals surface area contributed by atoms with Gasteiger partial charge in [0, 0.05) is 19.4 Å². The average Bonchev–Trinajstić information content (AvgIpc) is 3.27. The Kier molecular flexibility index (Phi) is 49.5. The number of hydrogen-bond donors (Lipinski definition) is 0. The maximum atomic E-state index is 12.7. The first-order valence-electron chi connectivity index (χ1n) is 25.8. The second kappa shape index (κ2) is 52.2. The molecule has 0 heterocycles. The van der Waals surface area contributed by atoms with E-state index in [0.29, 0.717) is 19.4 Å². The fourth-order valence-electron chi connectivity index (χ4n) is 6.76. The van der Waals surface area contributed by atoms with Crippen molar-refractivity contribution in [2.45, 2.75) is 232 Å². The smallest absolute Gasteiger partial charge is 0.306 e. The monoisotopic (exact) mass is 861 g/mol. The molecule has 0 amide bonds. The van der Waals surface area contributed by atoms with Crippen LogP contribution in [0.4, 0.5) is 0 Å². The van der Waals surface area contributed by atoms with E-state index in [0.717, 1.165) is 77.0 Å². The first-order valence-corrected chi connectivity index (χ1v) is 25.8. The minimum Gasteiger partial charge on any atom is -0.462 e. The fourth-order valence-corrected chi connectivity index (χ4v) is 6.76. The van der Waals surface area contributed by atoms with E-state index in [2.05, 4.69) is 112 Å². The predicted molar refractivity (Wildman–Crippen MR) is 270 cm³/mol. The van der Waals surface area contributed by atoms with Gasteiger partial charge in [0.2, 0.25) is 0 Å². The third-order valence-electron chi connectivity index (χ3n) is 10.6. The Morgan fingerprint density at radius 3 is 1.23 bits per heavy atom. The number of allylic oxidation sites excluding steroid dienone is 16. The third-order valence-corrected chi connectivity index (χ3v) is 10.6. The van der Waals surface area contributed by atoms with Crippen molar-refractivity contribution in [2.75, 3.05) is 19.8 Å². The first kappa shape index (κ1) is 58.8. The number of rotatable bonds is 46. The van der Waals surface area contributed by atoms with Gasteiger partial charge in [0.25, 0.3) is 0 Å². The van der Waals surface area contributed by atoms with Crippen LogP contribution in [0.15, 0.2) is 97.2 Å². The van der Waals surface area contributed by atoms with E-state index in [1.807, 2.05) is 6.08 Å². The molecule has 0 N–H and O–H groups in total. The van der Waals surface area contributed by atoms with Crippen LogP contribution in [0, 0.1) is 0 Å². The first-order chi connectivity index (χ1) is 30.6. The molecule has 0 aromatic heterocycles. The largest absolute Gasteiger partial charge is 0.462 e. The lowest BCUT2D eigenvalue weighted by Gasteiger charge is -2.18. The van der Waals surface area contributed by atoms with Crippen molar-refractivity contribution >= 4 is 11.9 Å². The normalized spacial score (nSPS) is 13.0. The van der Waals surface area contributed by atoms with Crippen molar-refractivity contribution in [2.24, 2.45) is 0 Å². The summed E-state index contributed by atoms with van der Waals surface area (Å²) in [6.45, 7) is 7.55. The molecule has 5 heteroatoms. The summed E-state index contributed by atoms with van der Waals surface area (Å²) in [5, 5.41) is 0. The Hall–Kier alpha value is -3.18. The lowest BCUT2D eigenvalue weighted by atomic mass is 10.1. The van der Waals surface area contributed by atoms with Crippen molar-refractivity contribution in [3.05, 3.63) is 97.2 Å². The zero-order chi connectivity index (χ0) is 44.9. The van der Waals surface area contributed by atoms with Gasteiger partial charge >= 0.3 is 11.9 Å². The van der Waals surface area contributed by atoms with Crippen LogP contribution in [0.5, 0.6) is 0 Å². The summed E-state index contributed by atoms with van der Waals surface area (Å²) < 4.78 is 17.3. The summed E-state index contributed by atoms with van der Waals surface area (Å²) in [7, 11) is 0. The number of carbonyl (C=O) groups excluding carboxylic acids is 2. The molecule has 0 spiro atoms. The molecule has 354 valence electrons. The summed E-state index contributed by atoms with van der Waals surface area (Å²) >= 11 is 0. The molecule has 5 nitrogen and oxygen atoms in total. The molecule has 0 aliphatic carbocycles. The fraction of sp³-hybridized carbons (Fsp3) is 0.684. The third kappa shape index (κ3) is 49.5. The van der Waals surface area contributed by atoms with Gasteiger partial charge in [-0.15, -0.1) is 0 Å². The average molecular weight is 861 g/mol. The highest BCUT2D eigenvalue weighted by molar-refractivity contribution is 5.70. The van der Waals surface area contributed by atoms with Crippen LogP contribution < -0.4 is 0 Å². The van der Waals surface area contributed by atoms with Crippen molar-refractivity contribution < 1.29 is 23.8 Å². The molecule has 62 heavy (non-hydrogen) atoms. The maximum absolute atomic E-state index is 12.7. The quantitative estimate of drug-likeness (QED) is 0.0347. The van der Waals surface area contributed by atoms with E-state index in [1.54, 1.807) is 0 Å². The summed E-state index contributed by atoms with van der Waals surface area (Å²) in [4.78, 5) is 25.3. The van der Waals surface area contributed by atoms with E-state index in [9.17, 15) is 9.59 Å². The highest BCUT2D eigenvalue weighted by Crippen LogP contribution is 2.12. The minimum atomic E-state index is -0.588. The highest BCUT2D eigenvalue weighted by Gasteiger charge is 2.17. The molecule has 0 rings (SSSR count). The van der Waals surface area contributed by atoms with E-state index >= 15 is 0 Å². The predicted octanol–water partition coefficient (Wildman–Crippen LogP) is 17.5. The molecule has 0 bridgehead atoms. The molecule has 1 atom stereocenters. The molecular formula is C57H96O5. The van der Waals surface area contributed by atoms with Gasteiger partial charge < -0.3 is 14.2 Å². The molecule has 0 saturated carbocycles. The zero-order valence-corrected chi connectivity index (χ0v) is 40.6. The second-order valence-corrected chi connectivity index (χ2v) is 16.7. The maximum Gasteiger partial charge on any atom is 0.306 e. The van der Waals surface area contributed by atoms with Gasteiger partial charge in [0.05, 0.1) is 6.61 Å². The van der Waals surface area contributed by atoms with Gasteiger partial charge in [-0.1, -0.05) is 201 Å². The Balaban J connectivity index is 4.38. The van der Waals surface area contributed by atoms with Crippen LogP contribution in [0.2, 0.25) is 0 Å². The van der Waals surface area contributed by atoms with Gasteiger partial charge in [-0.05, 0) is 109 Å². The Morgan fingerprint density at radius 2 is 0.758 bits per heavy atom. The van der Waals surface area contributed by atoms with E-state index in [-0.39, 0.29) is 31.6 Å². The van der Waals surface area contributed by atoms with Crippen molar-refractivity contribution in [1.29, 1.82) is 0 Å². The zero-order valence-electron chi connectivity index (χ0n) is 40.6. The molecule has 0 aliphatic rings. The van der Waals surface area contributed by atoms with Crippen molar-refractivity contribution in [1.82, 2.24) is 0 Å². The Labute approximate surface area is 383 Å². The lowest BCUT2D eigenvalue weighted by Crippen LogP contribution is -2.30. The Morgan fingerprint density at radius 1 is 0.371 bits per heavy atom. The molecule has 0 saturated heterocycles. The number of esters is 2. The van der Waals surface area contributed by atoms with Crippen LogP contribution in [0.3, 0.4) is 0 Å². The van der Waals surface area contributed by atoms with E-state index in [1.165, 1.54) is 109 Å². The van der Waals surface area contributed by atoms with Gasteiger partial charge in [0.15, 0.2) is 6.10 Å². The van der Waals surface area contributed by atoms with Crippen molar-refractivity contribution in [3.8, 4) is 0 Å². The van der Waals surface area contributed by atoms with Gasteiger partial charge in [-0.3, -0.25) is 9.59 Å². The summed E-state index contributed by atoms with van der Waals surface area (Å²) in [6, 6.07) is 0. The van der Waals surface area contributed by atoms with E-state index < -0.39 is 6.10 Å². The molecular weight excluding hydrogens is 765 g/mol. The summed E-state index contributed by atoms with van der Waals surface area (Å²) in [5.41, 5.74) is 0. The van der Waals surface area contributed by atoms with E-state index in [4.69, 9.17) is 14.2 Å². The highest BCUT2D eigenvalue weighted by atomic mass is 16.6. The molecule has 0 aliphatic heterocycles. The molecule has 1 unspecified atom stereocenters. The van der Waals surface area contributed by atoms with Crippen LogP contribution in [0.1, 0.15) is 226 Å². The van der Waals surface area contributed by atoms with Crippen LogP contribution in [-0.4, -0.2) is 37.9 Å². The SMILES string of the molecule is CC/C=C\C/C=C\C/C=C\C/C=C\CCC(=O)OC(COCCCCCCCCCC/C=C\C/C=C\CCCCC)COC(=O)CCCCCCC/C=C\C/C=C\CCCCC. The van der Waals surface area contributed by atoms with Gasteiger partial charge in [-0.25, -0.2) is 0 Å². The topological polar surface area (TPSA) is 61.8 Å².